The molecule has 168 valence electrons. The van der Waals surface area contributed by atoms with Crippen molar-refractivity contribution in [2.75, 3.05) is 19.8 Å². The van der Waals surface area contributed by atoms with E-state index in [1.54, 1.807) is 24.7 Å². The number of carbonyl (C=O) groups excluding carboxylic acids is 1. The van der Waals surface area contributed by atoms with Gasteiger partial charge in [0.25, 0.3) is 5.91 Å². The predicted octanol–water partition coefficient (Wildman–Crippen LogP) is 4.22. The summed E-state index contributed by atoms with van der Waals surface area (Å²) in [7, 11) is 0. The molecule has 0 aliphatic heterocycles. The summed E-state index contributed by atoms with van der Waals surface area (Å²) >= 11 is 0. The van der Waals surface area contributed by atoms with Crippen LogP contribution in [0.1, 0.15) is 43.6 Å². The van der Waals surface area contributed by atoms with E-state index in [0.29, 0.717) is 48.3 Å². The molecular formula is C24H28N4O4. The molecule has 1 aromatic heterocycles. The normalized spacial score (nSPS) is 11.2. The van der Waals surface area contributed by atoms with Crippen LogP contribution in [-0.4, -0.2) is 41.0 Å². The number of hydrazone groups is 1. The van der Waals surface area contributed by atoms with Gasteiger partial charge in [0, 0.05) is 23.6 Å². The Labute approximate surface area is 187 Å². The van der Waals surface area contributed by atoms with E-state index in [-0.39, 0.29) is 5.91 Å². The van der Waals surface area contributed by atoms with Crippen LogP contribution >= 0.6 is 0 Å². The Bertz CT molecular complexity index is 1030. The van der Waals surface area contributed by atoms with Gasteiger partial charge in [0.05, 0.1) is 31.9 Å². The molecule has 0 atom stereocenters. The van der Waals surface area contributed by atoms with Crippen molar-refractivity contribution in [3.8, 4) is 22.9 Å². The molecule has 0 spiro atoms. The monoisotopic (exact) mass is 436 g/mol. The Kier molecular flexibility index (Phi) is 7.85. The molecule has 0 fully saturated rings. The van der Waals surface area contributed by atoms with Gasteiger partial charge in [0.15, 0.2) is 11.5 Å². The van der Waals surface area contributed by atoms with Gasteiger partial charge in [0.1, 0.15) is 0 Å². The number of rotatable bonds is 10. The zero-order valence-corrected chi connectivity index (χ0v) is 18.8. The SMILES string of the molecule is CCOc1cc(C(=O)NN=C(C)c2ccc(-n3ccnc3)cc2)cc(OCC)c1OCC. The molecule has 8 heteroatoms. The third-order valence-corrected chi connectivity index (χ3v) is 4.58. The maximum atomic E-state index is 12.8. The Hall–Kier alpha value is -3.81. The van der Waals surface area contributed by atoms with Crippen molar-refractivity contribution in [3.63, 3.8) is 0 Å². The highest BCUT2D eigenvalue weighted by Gasteiger charge is 2.18. The lowest BCUT2D eigenvalue weighted by molar-refractivity contribution is 0.0953. The van der Waals surface area contributed by atoms with Gasteiger partial charge >= 0.3 is 0 Å². The highest BCUT2D eigenvalue weighted by molar-refractivity contribution is 6.01. The second-order valence-electron chi connectivity index (χ2n) is 6.76. The van der Waals surface area contributed by atoms with Crippen LogP contribution in [0.4, 0.5) is 0 Å². The fraction of sp³-hybridized carbons (Fsp3) is 0.292. The van der Waals surface area contributed by atoms with Crippen LogP contribution in [0.15, 0.2) is 60.2 Å². The highest BCUT2D eigenvalue weighted by atomic mass is 16.5. The topological polar surface area (TPSA) is 87.0 Å². The van der Waals surface area contributed by atoms with Gasteiger partial charge < -0.3 is 18.8 Å². The summed E-state index contributed by atoms with van der Waals surface area (Å²) in [4.78, 5) is 16.8. The first-order valence-electron chi connectivity index (χ1n) is 10.6. The number of benzene rings is 2. The number of imidazole rings is 1. The van der Waals surface area contributed by atoms with Crippen LogP contribution in [0, 0.1) is 0 Å². The molecule has 1 N–H and O–H groups in total. The first kappa shape index (κ1) is 22.9. The van der Waals surface area contributed by atoms with Gasteiger partial charge in [-0.1, -0.05) is 12.1 Å². The summed E-state index contributed by atoms with van der Waals surface area (Å²) in [5.74, 6) is 1.04. The number of nitrogens with zero attached hydrogens (tertiary/aromatic N) is 3. The molecule has 8 nitrogen and oxygen atoms in total. The fourth-order valence-corrected chi connectivity index (χ4v) is 3.07. The number of ether oxygens (including phenoxy) is 3. The van der Waals surface area contributed by atoms with Gasteiger partial charge in [-0.15, -0.1) is 0 Å². The molecule has 0 saturated carbocycles. The highest BCUT2D eigenvalue weighted by Crippen LogP contribution is 2.39. The minimum absolute atomic E-state index is 0.368. The van der Waals surface area contributed by atoms with E-state index in [4.69, 9.17) is 14.2 Å². The smallest absolute Gasteiger partial charge is 0.271 e. The molecule has 1 amide bonds. The van der Waals surface area contributed by atoms with Gasteiger partial charge in [0.2, 0.25) is 5.75 Å². The van der Waals surface area contributed by atoms with Crippen LogP contribution < -0.4 is 19.6 Å². The van der Waals surface area contributed by atoms with E-state index < -0.39 is 0 Å². The molecule has 0 radical (unpaired) electrons. The largest absolute Gasteiger partial charge is 0.490 e. The van der Waals surface area contributed by atoms with E-state index in [1.807, 2.05) is 62.7 Å². The van der Waals surface area contributed by atoms with E-state index in [0.717, 1.165) is 11.3 Å². The van der Waals surface area contributed by atoms with Crippen molar-refractivity contribution in [2.45, 2.75) is 27.7 Å². The minimum Gasteiger partial charge on any atom is -0.490 e. The third-order valence-electron chi connectivity index (χ3n) is 4.58. The lowest BCUT2D eigenvalue weighted by Gasteiger charge is -2.16. The van der Waals surface area contributed by atoms with E-state index in [1.165, 1.54) is 0 Å². The number of nitrogens with one attached hydrogen (secondary N) is 1. The Morgan fingerprint density at radius 1 is 0.969 bits per heavy atom. The van der Waals surface area contributed by atoms with Crippen LogP contribution in [0.2, 0.25) is 0 Å². The van der Waals surface area contributed by atoms with Gasteiger partial charge in [-0.3, -0.25) is 4.79 Å². The van der Waals surface area contributed by atoms with Gasteiger partial charge in [-0.25, -0.2) is 10.4 Å². The maximum Gasteiger partial charge on any atom is 0.271 e. The van der Waals surface area contributed by atoms with Crippen molar-refractivity contribution in [1.29, 1.82) is 0 Å². The summed E-state index contributed by atoms with van der Waals surface area (Å²) in [6.45, 7) is 8.78. The molecule has 2 aromatic carbocycles. The number of hydrogen-bond acceptors (Lipinski definition) is 6. The molecule has 1 heterocycles. The number of hydrogen-bond donors (Lipinski definition) is 1. The van der Waals surface area contributed by atoms with E-state index >= 15 is 0 Å². The standard InChI is InChI=1S/C24H28N4O4/c1-5-30-21-14-19(15-22(31-6-2)23(21)32-7-3)24(29)27-26-17(4)18-8-10-20(11-9-18)28-13-12-25-16-28/h8-16H,5-7H2,1-4H3,(H,27,29). The van der Waals surface area contributed by atoms with Crippen LogP contribution in [-0.2, 0) is 0 Å². The number of aromatic nitrogens is 2. The molecule has 0 aliphatic rings. The number of carbonyl (C=O) groups is 1. The molecule has 0 aliphatic carbocycles. The van der Waals surface area contributed by atoms with E-state index in [2.05, 4.69) is 15.5 Å². The maximum absolute atomic E-state index is 12.8. The lowest BCUT2D eigenvalue weighted by atomic mass is 10.1. The second kappa shape index (κ2) is 11.0. The molecule has 0 bridgehead atoms. The first-order chi connectivity index (χ1) is 15.6. The fourth-order valence-electron chi connectivity index (χ4n) is 3.07. The van der Waals surface area contributed by atoms with Crippen LogP contribution in [0.3, 0.4) is 0 Å². The van der Waals surface area contributed by atoms with Gasteiger partial charge in [-0.2, -0.15) is 5.10 Å². The van der Waals surface area contributed by atoms with Gasteiger partial charge in [-0.05, 0) is 57.5 Å². The Morgan fingerprint density at radius 2 is 1.59 bits per heavy atom. The molecule has 32 heavy (non-hydrogen) atoms. The first-order valence-corrected chi connectivity index (χ1v) is 10.6. The average molecular weight is 437 g/mol. The van der Waals surface area contributed by atoms with Crippen LogP contribution in [0.5, 0.6) is 17.2 Å². The quantitative estimate of drug-likeness (QED) is 0.380. The predicted molar refractivity (Wildman–Crippen MR) is 123 cm³/mol. The lowest BCUT2D eigenvalue weighted by Crippen LogP contribution is -2.20. The molecule has 0 unspecified atom stereocenters. The molecule has 3 aromatic rings. The molecular weight excluding hydrogens is 408 g/mol. The summed E-state index contributed by atoms with van der Waals surface area (Å²) in [6.07, 6.45) is 5.34. The average Bonchev–Trinajstić information content (AvgIpc) is 3.34. The third kappa shape index (κ3) is 5.46. The van der Waals surface area contributed by atoms with Crippen molar-refractivity contribution in [1.82, 2.24) is 15.0 Å². The Balaban J connectivity index is 1.78. The number of amides is 1. The zero-order valence-electron chi connectivity index (χ0n) is 18.8. The second-order valence-corrected chi connectivity index (χ2v) is 6.76. The van der Waals surface area contributed by atoms with Crippen molar-refractivity contribution in [2.24, 2.45) is 5.10 Å². The van der Waals surface area contributed by atoms with Crippen molar-refractivity contribution < 1.29 is 19.0 Å². The summed E-state index contributed by atoms with van der Waals surface area (Å²) in [5.41, 5.74) is 5.54. The minimum atomic E-state index is -0.371. The zero-order chi connectivity index (χ0) is 22.9. The molecule has 0 saturated heterocycles. The Morgan fingerprint density at radius 3 is 2.12 bits per heavy atom. The van der Waals surface area contributed by atoms with Crippen LogP contribution in [0.25, 0.3) is 5.69 Å². The molecule has 3 rings (SSSR count). The summed E-state index contributed by atoms with van der Waals surface area (Å²) in [5, 5.41) is 4.26. The van der Waals surface area contributed by atoms with Crippen molar-refractivity contribution >= 4 is 11.6 Å². The van der Waals surface area contributed by atoms with Crippen molar-refractivity contribution in [3.05, 3.63) is 66.2 Å². The van der Waals surface area contributed by atoms with E-state index in [9.17, 15) is 4.79 Å². The summed E-state index contributed by atoms with van der Waals surface area (Å²) in [6, 6.07) is 11.1. The summed E-state index contributed by atoms with van der Waals surface area (Å²) < 4.78 is 19.0.